The summed E-state index contributed by atoms with van der Waals surface area (Å²) in [6.07, 6.45) is 2.11. The summed E-state index contributed by atoms with van der Waals surface area (Å²) in [6, 6.07) is 3.91. The first-order chi connectivity index (χ1) is 10.9. The number of anilines is 2. The minimum atomic E-state index is -2.86. The standard InChI is InChI=1S/C15H23F2N3O.C2H6/c1-10-8-12(18)14(21-15(16)17)9-13(10)20-6-4-11(5-7-20)19(2)3;1-2/h8-9,11,15H,4-7,18H2,1-3H3;1-2H3. The van der Waals surface area contributed by atoms with E-state index in [1.165, 1.54) is 0 Å². The fraction of sp³-hybridized carbons (Fsp3) is 0.647. The van der Waals surface area contributed by atoms with E-state index in [1.807, 2.05) is 20.8 Å². The van der Waals surface area contributed by atoms with Crippen LogP contribution in [-0.2, 0) is 0 Å². The van der Waals surface area contributed by atoms with Crippen LogP contribution in [-0.4, -0.2) is 44.7 Å². The summed E-state index contributed by atoms with van der Waals surface area (Å²) >= 11 is 0. The van der Waals surface area contributed by atoms with E-state index < -0.39 is 6.61 Å². The number of benzene rings is 1. The van der Waals surface area contributed by atoms with Crippen LogP contribution in [0.15, 0.2) is 12.1 Å². The number of rotatable bonds is 4. The number of hydrogen-bond donors (Lipinski definition) is 1. The van der Waals surface area contributed by atoms with Crippen molar-refractivity contribution in [3.8, 4) is 5.75 Å². The van der Waals surface area contributed by atoms with E-state index in [0.29, 0.717) is 6.04 Å². The molecule has 0 aliphatic carbocycles. The average molecular weight is 329 g/mol. The average Bonchev–Trinajstić information content (AvgIpc) is 2.52. The monoisotopic (exact) mass is 329 g/mol. The van der Waals surface area contributed by atoms with Crippen molar-refractivity contribution in [2.24, 2.45) is 0 Å². The van der Waals surface area contributed by atoms with Gasteiger partial charge < -0.3 is 20.3 Å². The molecule has 0 unspecified atom stereocenters. The first-order valence-electron chi connectivity index (χ1n) is 8.14. The molecule has 2 rings (SSSR count). The molecule has 0 aromatic heterocycles. The number of alkyl halides is 2. The van der Waals surface area contributed by atoms with Gasteiger partial charge in [0.2, 0.25) is 0 Å². The molecule has 0 saturated carbocycles. The number of halogens is 2. The topological polar surface area (TPSA) is 41.7 Å². The van der Waals surface area contributed by atoms with Crippen LogP contribution in [0.25, 0.3) is 0 Å². The number of piperidine rings is 1. The van der Waals surface area contributed by atoms with Gasteiger partial charge in [0.25, 0.3) is 0 Å². The summed E-state index contributed by atoms with van der Waals surface area (Å²) in [5.74, 6) is 0.0559. The third kappa shape index (κ3) is 5.23. The van der Waals surface area contributed by atoms with Crippen molar-refractivity contribution in [3.63, 3.8) is 0 Å². The van der Waals surface area contributed by atoms with Gasteiger partial charge in [0.15, 0.2) is 5.75 Å². The van der Waals surface area contributed by atoms with Crippen molar-refractivity contribution < 1.29 is 13.5 Å². The van der Waals surface area contributed by atoms with E-state index in [4.69, 9.17) is 5.73 Å². The number of nitrogens with two attached hydrogens (primary N) is 1. The molecule has 1 saturated heterocycles. The van der Waals surface area contributed by atoms with Crippen LogP contribution in [0, 0.1) is 6.92 Å². The quantitative estimate of drug-likeness (QED) is 0.855. The number of nitrogens with zero attached hydrogens (tertiary/aromatic N) is 2. The Hall–Kier alpha value is -1.56. The highest BCUT2D eigenvalue weighted by Crippen LogP contribution is 2.34. The van der Waals surface area contributed by atoms with Gasteiger partial charge in [0.05, 0.1) is 5.69 Å². The Morgan fingerprint density at radius 3 is 2.26 bits per heavy atom. The Morgan fingerprint density at radius 2 is 1.78 bits per heavy atom. The highest BCUT2D eigenvalue weighted by molar-refractivity contribution is 5.66. The van der Waals surface area contributed by atoms with Crippen LogP contribution in [0.2, 0.25) is 0 Å². The molecule has 0 radical (unpaired) electrons. The van der Waals surface area contributed by atoms with Crippen molar-refractivity contribution >= 4 is 11.4 Å². The first kappa shape index (κ1) is 19.5. The molecular weight excluding hydrogens is 300 g/mol. The molecule has 1 aromatic rings. The maximum atomic E-state index is 12.4. The van der Waals surface area contributed by atoms with Gasteiger partial charge in [0, 0.05) is 30.9 Å². The van der Waals surface area contributed by atoms with Gasteiger partial charge >= 0.3 is 6.61 Å². The molecule has 0 atom stereocenters. The number of nitrogen functional groups attached to an aromatic ring is 1. The van der Waals surface area contributed by atoms with Gasteiger partial charge in [-0.2, -0.15) is 8.78 Å². The molecule has 2 N–H and O–H groups in total. The number of hydrogen-bond acceptors (Lipinski definition) is 4. The molecule has 0 amide bonds. The minimum absolute atomic E-state index is 0.0559. The molecule has 1 aliphatic heterocycles. The largest absolute Gasteiger partial charge is 0.433 e. The second-order valence-electron chi connectivity index (χ2n) is 5.74. The van der Waals surface area contributed by atoms with Gasteiger partial charge in [-0.05, 0) is 45.5 Å². The molecule has 1 fully saturated rings. The van der Waals surface area contributed by atoms with Crippen LogP contribution in [0.1, 0.15) is 32.3 Å². The number of aryl methyl sites for hydroxylation is 1. The smallest absolute Gasteiger partial charge is 0.387 e. The van der Waals surface area contributed by atoms with E-state index in [-0.39, 0.29) is 11.4 Å². The van der Waals surface area contributed by atoms with Crippen LogP contribution >= 0.6 is 0 Å². The molecule has 1 aliphatic rings. The maximum absolute atomic E-state index is 12.4. The molecule has 4 nitrogen and oxygen atoms in total. The highest BCUT2D eigenvalue weighted by Gasteiger charge is 2.22. The predicted octanol–water partition coefficient (Wildman–Crippen LogP) is 3.74. The number of ether oxygens (including phenoxy) is 1. The van der Waals surface area contributed by atoms with Crippen molar-refractivity contribution in [1.29, 1.82) is 0 Å². The Morgan fingerprint density at radius 1 is 1.22 bits per heavy atom. The normalized spacial score (nSPS) is 15.6. The SMILES string of the molecule is CC.Cc1cc(N)c(OC(F)F)cc1N1CCC(N(C)C)CC1. The Bertz CT molecular complexity index is 487. The molecule has 1 aromatic carbocycles. The van der Waals surface area contributed by atoms with Gasteiger partial charge in [-0.3, -0.25) is 0 Å². The maximum Gasteiger partial charge on any atom is 0.387 e. The van der Waals surface area contributed by atoms with E-state index in [1.54, 1.807) is 12.1 Å². The minimum Gasteiger partial charge on any atom is -0.433 e. The van der Waals surface area contributed by atoms with E-state index in [0.717, 1.165) is 37.2 Å². The lowest BCUT2D eigenvalue weighted by Crippen LogP contribution is -2.42. The lowest BCUT2D eigenvalue weighted by atomic mass is 10.0. The zero-order valence-electron chi connectivity index (χ0n) is 14.8. The lowest BCUT2D eigenvalue weighted by molar-refractivity contribution is -0.0493. The van der Waals surface area contributed by atoms with E-state index in [9.17, 15) is 8.78 Å². The molecule has 23 heavy (non-hydrogen) atoms. The summed E-state index contributed by atoms with van der Waals surface area (Å²) in [5, 5.41) is 0. The Balaban J connectivity index is 0.00000127. The molecule has 0 spiro atoms. The fourth-order valence-corrected chi connectivity index (χ4v) is 2.86. The fourth-order valence-electron chi connectivity index (χ4n) is 2.86. The molecular formula is C17H29F2N3O. The van der Waals surface area contributed by atoms with Crippen LogP contribution < -0.4 is 15.4 Å². The molecule has 6 heteroatoms. The zero-order valence-corrected chi connectivity index (χ0v) is 14.8. The third-order valence-corrected chi connectivity index (χ3v) is 4.08. The highest BCUT2D eigenvalue weighted by atomic mass is 19.3. The summed E-state index contributed by atoms with van der Waals surface area (Å²) in [7, 11) is 4.17. The van der Waals surface area contributed by atoms with Crippen molar-refractivity contribution in [2.75, 3.05) is 37.8 Å². The van der Waals surface area contributed by atoms with Gasteiger partial charge in [0.1, 0.15) is 0 Å². The van der Waals surface area contributed by atoms with Crippen molar-refractivity contribution in [2.45, 2.75) is 46.3 Å². The first-order valence-corrected chi connectivity index (χ1v) is 8.14. The van der Waals surface area contributed by atoms with Gasteiger partial charge in [-0.25, -0.2) is 0 Å². The summed E-state index contributed by atoms with van der Waals surface area (Å²) in [4.78, 5) is 4.45. The van der Waals surface area contributed by atoms with Crippen molar-refractivity contribution in [1.82, 2.24) is 4.90 Å². The molecule has 132 valence electrons. The van der Waals surface area contributed by atoms with Crippen LogP contribution in [0.4, 0.5) is 20.2 Å². The van der Waals surface area contributed by atoms with Crippen molar-refractivity contribution in [3.05, 3.63) is 17.7 Å². The van der Waals surface area contributed by atoms with Gasteiger partial charge in [-0.15, -0.1) is 0 Å². The zero-order chi connectivity index (χ0) is 17.6. The van der Waals surface area contributed by atoms with Crippen LogP contribution in [0.3, 0.4) is 0 Å². The second-order valence-corrected chi connectivity index (χ2v) is 5.74. The molecule has 0 bridgehead atoms. The van der Waals surface area contributed by atoms with E-state index in [2.05, 4.69) is 28.6 Å². The summed E-state index contributed by atoms with van der Waals surface area (Å²) in [5.41, 5.74) is 7.91. The van der Waals surface area contributed by atoms with Gasteiger partial charge in [-0.1, -0.05) is 13.8 Å². The van der Waals surface area contributed by atoms with Crippen LogP contribution in [0.5, 0.6) is 5.75 Å². The summed E-state index contributed by atoms with van der Waals surface area (Å²) < 4.78 is 29.3. The predicted molar refractivity (Wildman–Crippen MR) is 92.5 cm³/mol. The lowest BCUT2D eigenvalue weighted by Gasteiger charge is -2.37. The molecule has 1 heterocycles. The summed E-state index contributed by atoms with van der Waals surface area (Å²) in [6.45, 7) is 4.89. The Kier molecular flexibility index (Phi) is 7.55. The second kappa shape index (κ2) is 8.91. The Labute approximate surface area is 138 Å². The third-order valence-electron chi connectivity index (χ3n) is 4.08. The van der Waals surface area contributed by atoms with E-state index >= 15 is 0 Å².